The molecule has 6 nitrogen and oxygen atoms in total. The number of rotatable bonds is 6. The van der Waals surface area contributed by atoms with E-state index in [4.69, 9.17) is 4.98 Å². The maximum absolute atomic E-state index is 13.3. The summed E-state index contributed by atoms with van der Waals surface area (Å²) in [5.41, 5.74) is 2.53. The Morgan fingerprint density at radius 1 is 1.00 bits per heavy atom. The van der Waals surface area contributed by atoms with Crippen LogP contribution in [-0.2, 0) is 13.0 Å². The molecule has 1 aromatic heterocycles. The third-order valence-electron chi connectivity index (χ3n) is 4.94. The molecule has 0 radical (unpaired) electrons. The first kappa shape index (κ1) is 20.9. The molecule has 154 valence electrons. The Labute approximate surface area is 192 Å². The van der Waals surface area contributed by atoms with E-state index in [9.17, 15) is 14.9 Å². The zero-order valence-electron chi connectivity index (χ0n) is 16.4. The Bertz CT molecular complexity index is 1330. The first-order valence-corrected chi connectivity index (χ1v) is 10.8. The van der Waals surface area contributed by atoms with Crippen LogP contribution in [0.2, 0.25) is 0 Å². The molecule has 3 aromatic carbocycles. The van der Waals surface area contributed by atoms with Crippen molar-refractivity contribution in [2.75, 3.05) is 0 Å². The van der Waals surface area contributed by atoms with E-state index >= 15 is 0 Å². The van der Waals surface area contributed by atoms with Crippen LogP contribution in [0.4, 0.5) is 5.69 Å². The summed E-state index contributed by atoms with van der Waals surface area (Å²) >= 11 is 2.19. The first-order chi connectivity index (χ1) is 15.0. The van der Waals surface area contributed by atoms with E-state index in [1.165, 1.54) is 12.1 Å². The third kappa shape index (κ3) is 4.88. The van der Waals surface area contributed by atoms with Gasteiger partial charge in [-0.25, -0.2) is 4.98 Å². The van der Waals surface area contributed by atoms with Gasteiger partial charge in [0.1, 0.15) is 5.82 Å². The average Bonchev–Trinajstić information content (AvgIpc) is 2.78. The summed E-state index contributed by atoms with van der Waals surface area (Å²) in [4.78, 5) is 28.4. The fourth-order valence-electron chi connectivity index (χ4n) is 3.32. The van der Waals surface area contributed by atoms with Gasteiger partial charge in [-0.2, -0.15) is 0 Å². The molecule has 1 heterocycles. The maximum Gasteiger partial charge on any atom is 0.269 e. The van der Waals surface area contributed by atoms with Crippen molar-refractivity contribution in [3.8, 4) is 0 Å². The van der Waals surface area contributed by atoms with Crippen molar-refractivity contribution in [1.29, 1.82) is 0 Å². The van der Waals surface area contributed by atoms with E-state index in [1.807, 2.05) is 54.6 Å². The second kappa shape index (κ2) is 9.22. The second-order valence-corrected chi connectivity index (χ2v) is 8.25. The number of fused-ring (bicyclic) bond motifs is 1. The molecule has 0 aliphatic rings. The van der Waals surface area contributed by atoms with Crippen LogP contribution in [0.1, 0.15) is 17.0 Å². The number of nitrogens with zero attached hydrogens (tertiary/aromatic N) is 3. The lowest BCUT2D eigenvalue weighted by Crippen LogP contribution is -2.25. The Balaban J connectivity index is 1.73. The number of hydrogen-bond donors (Lipinski definition) is 0. The zero-order valence-corrected chi connectivity index (χ0v) is 18.6. The Morgan fingerprint density at radius 2 is 1.74 bits per heavy atom. The van der Waals surface area contributed by atoms with Gasteiger partial charge < -0.3 is 0 Å². The van der Waals surface area contributed by atoms with Crippen molar-refractivity contribution in [2.24, 2.45) is 0 Å². The fraction of sp³-hybridized carbons (Fsp3) is 0.0833. The van der Waals surface area contributed by atoms with Crippen molar-refractivity contribution in [2.45, 2.75) is 13.0 Å². The van der Waals surface area contributed by atoms with Crippen LogP contribution >= 0.6 is 22.6 Å². The van der Waals surface area contributed by atoms with Gasteiger partial charge in [-0.15, -0.1) is 0 Å². The number of nitro benzene ring substituents is 1. The van der Waals surface area contributed by atoms with Gasteiger partial charge in [-0.05, 0) is 76.5 Å². The van der Waals surface area contributed by atoms with Gasteiger partial charge >= 0.3 is 0 Å². The van der Waals surface area contributed by atoms with E-state index < -0.39 is 4.92 Å². The molecule has 0 N–H and O–H groups in total. The summed E-state index contributed by atoms with van der Waals surface area (Å²) in [7, 11) is 0. The minimum Gasteiger partial charge on any atom is -0.292 e. The molecule has 0 bridgehead atoms. The predicted octanol–water partition coefficient (Wildman–Crippen LogP) is 5.32. The highest BCUT2D eigenvalue weighted by Crippen LogP contribution is 2.17. The predicted molar refractivity (Wildman–Crippen MR) is 131 cm³/mol. The largest absolute Gasteiger partial charge is 0.292 e. The Kier molecular flexibility index (Phi) is 6.22. The summed E-state index contributed by atoms with van der Waals surface area (Å²) in [5, 5.41) is 11.4. The van der Waals surface area contributed by atoms with E-state index in [2.05, 4.69) is 22.6 Å². The highest BCUT2D eigenvalue weighted by molar-refractivity contribution is 14.1. The summed E-state index contributed by atoms with van der Waals surface area (Å²) in [6.07, 6.45) is 4.30. The summed E-state index contributed by atoms with van der Waals surface area (Å²) < 4.78 is 2.67. The van der Waals surface area contributed by atoms with Crippen LogP contribution in [0.25, 0.3) is 23.1 Å². The summed E-state index contributed by atoms with van der Waals surface area (Å²) in [6.45, 7) is 0.497. The lowest BCUT2D eigenvalue weighted by molar-refractivity contribution is -0.384. The molecule has 4 aromatic rings. The first-order valence-electron chi connectivity index (χ1n) is 9.68. The lowest BCUT2D eigenvalue weighted by Gasteiger charge is -2.12. The van der Waals surface area contributed by atoms with Crippen molar-refractivity contribution in [1.82, 2.24) is 9.55 Å². The molecule has 31 heavy (non-hydrogen) atoms. The standard InChI is InChI=1S/C24H18IN3O3/c25-19-9-12-22-21(16-19)24(29)27(15-14-17-4-2-1-3-5-17)23(26-22)13-8-18-6-10-20(11-7-18)28(30)31/h1-13,16H,14-15H2/b13-8+. The summed E-state index contributed by atoms with van der Waals surface area (Å²) in [6, 6.07) is 21.9. The van der Waals surface area contributed by atoms with Crippen molar-refractivity contribution >= 4 is 51.3 Å². The molecule has 4 rings (SSSR count). The van der Waals surface area contributed by atoms with Gasteiger partial charge in [0, 0.05) is 22.2 Å². The highest BCUT2D eigenvalue weighted by atomic mass is 127. The molecular formula is C24H18IN3O3. The lowest BCUT2D eigenvalue weighted by atomic mass is 10.1. The highest BCUT2D eigenvalue weighted by Gasteiger charge is 2.10. The molecule has 0 spiro atoms. The maximum atomic E-state index is 13.3. The minimum atomic E-state index is -0.430. The van der Waals surface area contributed by atoms with Crippen LogP contribution in [0.5, 0.6) is 0 Å². The van der Waals surface area contributed by atoms with Gasteiger partial charge in [0.2, 0.25) is 0 Å². The van der Waals surface area contributed by atoms with Gasteiger partial charge in [-0.3, -0.25) is 19.5 Å². The molecule has 0 saturated heterocycles. The Hall–Kier alpha value is -3.33. The number of benzene rings is 3. The molecule has 0 unspecified atom stereocenters. The topological polar surface area (TPSA) is 78.0 Å². The van der Waals surface area contributed by atoms with Crippen LogP contribution in [-0.4, -0.2) is 14.5 Å². The van der Waals surface area contributed by atoms with Crippen LogP contribution in [0.15, 0.2) is 77.6 Å². The quantitative estimate of drug-likeness (QED) is 0.195. The molecular weight excluding hydrogens is 505 g/mol. The zero-order chi connectivity index (χ0) is 21.8. The molecule has 7 heteroatoms. The number of aromatic nitrogens is 2. The molecule has 0 amide bonds. The monoisotopic (exact) mass is 523 g/mol. The van der Waals surface area contributed by atoms with E-state index in [0.717, 1.165) is 14.7 Å². The molecule has 0 atom stereocenters. The normalized spacial score (nSPS) is 11.3. The number of nitro groups is 1. The molecule has 0 aliphatic carbocycles. The Morgan fingerprint density at radius 3 is 2.45 bits per heavy atom. The minimum absolute atomic E-state index is 0.0374. The van der Waals surface area contributed by atoms with Gasteiger partial charge in [0.25, 0.3) is 11.2 Å². The van der Waals surface area contributed by atoms with E-state index in [0.29, 0.717) is 29.7 Å². The SMILES string of the molecule is O=c1c2cc(I)ccc2nc(/C=C/c2ccc([N+](=O)[O-])cc2)n1CCc1ccccc1. The van der Waals surface area contributed by atoms with Gasteiger partial charge in [0.15, 0.2) is 0 Å². The van der Waals surface area contributed by atoms with Crippen LogP contribution < -0.4 is 5.56 Å². The van der Waals surface area contributed by atoms with Crippen molar-refractivity contribution in [3.05, 3.63) is 114 Å². The summed E-state index contributed by atoms with van der Waals surface area (Å²) in [5.74, 6) is 0.549. The van der Waals surface area contributed by atoms with Gasteiger partial charge in [0.05, 0.1) is 15.8 Å². The fourth-order valence-corrected chi connectivity index (χ4v) is 3.81. The number of non-ortho nitro benzene ring substituents is 1. The molecule has 0 saturated carbocycles. The van der Waals surface area contributed by atoms with E-state index in [-0.39, 0.29) is 11.2 Å². The van der Waals surface area contributed by atoms with E-state index in [1.54, 1.807) is 22.8 Å². The van der Waals surface area contributed by atoms with Crippen molar-refractivity contribution < 1.29 is 4.92 Å². The number of hydrogen-bond acceptors (Lipinski definition) is 4. The average molecular weight is 523 g/mol. The molecule has 0 fully saturated rings. The second-order valence-electron chi connectivity index (χ2n) is 7.01. The smallest absolute Gasteiger partial charge is 0.269 e. The van der Waals surface area contributed by atoms with Crippen LogP contribution in [0, 0.1) is 13.7 Å². The van der Waals surface area contributed by atoms with Gasteiger partial charge in [-0.1, -0.05) is 36.4 Å². The number of aryl methyl sites for hydroxylation is 1. The van der Waals surface area contributed by atoms with Crippen LogP contribution in [0.3, 0.4) is 0 Å². The molecule has 0 aliphatic heterocycles. The third-order valence-corrected chi connectivity index (χ3v) is 5.61. The number of halogens is 1. The van der Waals surface area contributed by atoms with Crippen molar-refractivity contribution in [3.63, 3.8) is 0 Å².